The average Bonchev–Trinajstić information content (AvgIpc) is 1.51. The standard InChI is InChI=1S/C46H32BrN.C37H32BNO2.C15H12Br2/c1-45(2)40-27-29(23-25-33(40)34-26-24-30(47)28-41(34)45)32-16-12-20-39-44(32)35-15-6-7-17-36(35)46(39)37-18-8-10-21-42(37)48(31-13-4-3-5-14-31)43-22-11-9-19-38(43)46;1-35(2)36(3,4)41-38(40-35)31-22-14-21-30-34(31)26-17-8-9-18-27(26)37(30)28-19-10-12-23-32(28)39(25-15-6-5-7-16-25)33-24-13-11-20-29(33)37;1-15(2)13-7-9(16)3-5-11(13)12-6-4-10(17)8-14(12)15/h3-28H,1-2H3;5-24H,1-4H3;3-8H,1-2H3. The molecule has 14 aromatic rings. The first-order valence-electron chi connectivity index (χ1n) is 36.8. The van der Waals surface area contributed by atoms with E-state index in [0.717, 1.165) is 24.6 Å². The third-order valence-corrected chi connectivity index (χ3v) is 25.9. The van der Waals surface area contributed by atoms with E-state index >= 15 is 0 Å². The molecular weight excluding hydrogens is 1490 g/mol. The van der Waals surface area contributed by atoms with Crippen molar-refractivity contribution in [1.82, 2.24) is 0 Å². The Labute approximate surface area is 647 Å². The van der Waals surface area contributed by atoms with E-state index in [1.807, 2.05) is 0 Å². The summed E-state index contributed by atoms with van der Waals surface area (Å²) in [5.74, 6) is 0. The Morgan fingerprint density at radius 2 is 0.566 bits per heavy atom. The average molecular weight is 1560 g/mol. The number of hydrogen-bond donors (Lipinski definition) is 0. The van der Waals surface area contributed by atoms with Crippen molar-refractivity contribution in [2.24, 2.45) is 0 Å². The molecule has 514 valence electrons. The van der Waals surface area contributed by atoms with Crippen LogP contribution in [0.1, 0.15) is 122 Å². The maximum Gasteiger partial charge on any atom is 0.495 e. The lowest BCUT2D eigenvalue weighted by Crippen LogP contribution is -2.41. The van der Waals surface area contributed by atoms with Crippen LogP contribution in [-0.4, -0.2) is 18.3 Å². The fourth-order valence-corrected chi connectivity index (χ4v) is 20.1. The minimum atomic E-state index is -0.482. The second-order valence-electron chi connectivity index (χ2n) is 31.2. The van der Waals surface area contributed by atoms with Gasteiger partial charge in [0.25, 0.3) is 0 Å². The number of fused-ring (bicyclic) bond motifs is 24. The van der Waals surface area contributed by atoms with Crippen LogP contribution in [0.5, 0.6) is 0 Å². The van der Waals surface area contributed by atoms with Crippen molar-refractivity contribution in [3.63, 3.8) is 0 Å². The normalized spacial score (nSPS) is 16.6. The van der Waals surface area contributed by atoms with Gasteiger partial charge in [-0.15, -0.1) is 0 Å². The molecular formula is C98H76BBr3N2O2. The maximum absolute atomic E-state index is 6.65. The predicted octanol–water partition coefficient (Wildman–Crippen LogP) is 26.2. The summed E-state index contributed by atoms with van der Waals surface area (Å²) in [5, 5.41) is 0. The van der Waals surface area contributed by atoms with Crippen LogP contribution in [0.25, 0.3) is 55.6 Å². The van der Waals surface area contributed by atoms with Crippen LogP contribution in [0.2, 0.25) is 0 Å². The summed E-state index contributed by atoms with van der Waals surface area (Å²) in [6.45, 7) is 17.8. The first-order chi connectivity index (χ1) is 51.3. The van der Waals surface area contributed by atoms with Crippen molar-refractivity contribution in [1.29, 1.82) is 0 Å². The molecule has 0 N–H and O–H groups in total. The number of para-hydroxylation sites is 6. The van der Waals surface area contributed by atoms with Gasteiger partial charge in [0, 0.05) is 35.6 Å². The van der Waals surface area contributed by atoms with Gasteiger partial charge < -0.3 is 19.1 Å². The molecule has 4 aliphatic carbocycles. The number of benzene rings is 14. The number of halogens is 3. The van der Waals surface area contributed by atoms with Gasteiger partial charge in [-0.05, 0) is 247 Å². The smallest absolute Gasteiger partial charge is 0.399 e. The zero-order valence-electron chi connectivity index (χ0n) is 60.4. The highest BCUT2D eigenvalue weighted by Gasteiger charge is 2.57. The van der Waals surface area contributed by atoms with E-state index in [9.17, 15) is 0 Å². The molecule has 0 atom stereocenters. The van der Waals surface area contributed by atoms with Gasteiger partial charge >= 0.3 is 7.12 Å². The molecule has 0 aromatic heterocycles. The van der Waals surface area contributed by atoms with Crippen LogP contribution in [-0.2, 0) is 31.0 Å². The van der Waals surface area contributed by atoms with Gasteiger partial charge in [0.1, 0.15) is 0 Å². The van der Waals surface area contributed by atoms with Crippen molar-refractivity contribution in [2.45, 2.75) is 88.3 Å². The predicted molar refractivity (Wildman–Crippen MR) is 450 cm³/mol. The molecule has 14 aromatic carbocycles. The summed E-state index contributed by atoms with van der Waals surface area (Å²) in [6.07, 6.45) is 0. The number of hydrogen-bond acceptors (Lipinski definition) is 4. The lowest BCUT2D eigenvalue weighted by Gasteiger charge is -2.45. The number of anilines is 6. The first kappa shape index (κ1) is 66.8. The third-order valence-electron chi connectivity index (χ3n) is 24.5. The SMILES string of the molecule is CC1(C)OB(c2cccc3c2-c2ccccc2C32c3ccccc3N(c3ccccc3)c3ccccc32)OC1(C)C.CC1(C)c2cc(Br)ccc2-c2ccc(-c3cccc4c3-c3ccccc3C43c4ccccc4N(c4ccccc4)c4ccccc43)cc21.CC1(C)c2cc(Br)ccc2-c2ccc(Br)cc21. The van der Waals surface area contributed by atoms with E-state index in [4.69, 9.17) is 9.31 Å². The van der Waals surface area contributed by atoms with Gasteiger partial charge in [-0.25, -0.2) is 0 Å². The van der Waals surface area contributed by atoms with Crippen LogP contribution < -0.4 is 15.3 Å². The van der Waals surface area contributed by atoms with E-state index in [1.54, 1.807) is 0 Å². The highest BCUT2D eigenvalue weighted by atomic mass is 79.9. The molecule has 106 heavy (non-hydrogen) atoms. The zero-order valence-corrected chi connectivity index (χ0v) is 65.2. The highest BCUT2D eigenvalue weighted by molar-refractivity contribution is 9.11. The van der Waals surface area contributed by atoms with Crippen molar-refractivity contribution in [3.05, 3.63) is 396 Å². The number of nitrogens with zero attached hydrogens (tertiary/aromatic N) is 2. The van der Waals surface area contributed by atoms with Crippen LogP contribution in [0.15, 0.2) is 329 Å². The third kappa shape index (κ3) is 9.63. The van der Waals surface area contributed by atoms with Crippen LogP contribution in [0.3, 0.4) is 0 Å². The monoisotopic (exact) mass is 1560 g/mol. The van der Waals surface area contributed by atoms with Gasteiger partial charge in [-0.2, -0.15) is 0 Å². The van der Waals surface area contributed by atoms with Crippen molar-refractivity contribution < 1.29 is 9.31 Å². The lowest BCUT2D eigenvalue weighted by atomic mass is 9.64. The zero-order chi connectivity index (χ0) is 72.4. The Kier molecular flexibility index (Phi) is 15.5. The van der Waals surface area contributed by atoms with E-state index in [-0.39, 0.29) is 10.8 Å². The molecule has 7 aliphatic rings. The molecule has 0 radical (unpaired) electrons. The molecule has 3 aliphatic heterocycles. The fraction of sp³-hybridized carbons (Fsp3) is 0.143. The summed E-state index contributed by atoms with van der Waals surface area (Å²) in [4.78, 5) is 4.85. The maximum atomic E-state index is 6.65. The van der Waals surface area contributed by atoms with E-state index in [2.05, 4.69) is 428 Å². The van der Waals surface area contributed by atoms with Crippen molar-refractivity contribution >= 4 is 94.5 Å². The molecule has 8 heteroatoms. The second-order valence-corrected chi connectivity index (χ2v) is 33.9. The second kappa shape index (κ2) is 24.6. The van der Waals surface area contributed by atoms with E-state index < -0.39 is 29.2 Å². The van der Waals surface area contributed by atoms with Crippen LogP contribution in [0, 0.1) is 0 Å². The van der Waals surface area contributed by atoms with Gasteiger partial charge in [0.05, 0.1) is 44.8 Å². The molecule has 2 spiro atoms. The largest absolute Gasteiger partial charge is 0.495 e. The van der Waals surface area contributed by atoms with Gasteiger partial charge in [-0.1, -0.05) is 300 Å². The molecule has 0 bridgehead atoms. The fourth-order valence-electron chi connectivity index (χ4n) is 19.0. The first-order valence-corrected chi connectivity index (χ1v) is 39.2. The molecule has 21 rings (SSSR count). The van der Waals surface area contributed by atoms with Crippen molar-refractivity contribution in [2.75, 3.05) is 9.80 Å². The number of rotatable bonds is 4. The highest BCUT2D eigenvalue weighted by Crippen LogP contribution is 2.67. The molecule has 3 heterocycles. The molecule has 4 nitrogen and oxygen atoms in total. The topological polar surface area (TPSA) is 24.9 Å². The Morgan fingerprint density at radius 1 is 0.255 bits per heavy atom. The van der Waals surface area contributed by atoms with E-state index in [0.29, 0.717) is 0 Å². The quantitative estimate of drug-likeness (QED) is 0.164. The van der Waals surface area contributed by atoms with Gasteiger partial charge in [-0.3, -0.25) is 0 Å². The van der Waals surface area contributed by atoms with Gasteiger partial charge in [0.2, 0.25) is 0 Å². The Bertz CT molecular complexity index is 5790. The summed E-state index contributed by atoms with van der Waals surface area (Å²) >= 11 is 10.9. The summed E-state index contributed by atoms with van der Waals surface area (Å²) in [6, 6.07) is 116. The summed E-state index contributed by atoms with van der Waals surface area (Å²) in [7, 11) is -0.451. The van der Waals surface area contributed by atoms with E-state index in [1.165, 1.54) is 151 Å². The van der Waals surface area contributed by atoms with Crippen LogP contribution in [0.4, 0.5) is 34.1 Å². The molecule has 0 saturated carbocycles. The summed E-state index contributed by atoms with van der Waals surface area (Å²) in [5.41, 5.74) is 35.5. The Hall–Kier alpha value is -9.90. The summed E-state index contributed by atoms with van der Waals surface area (Å²) < 4.78 is 16.7. The molecule has 0 amide bonds. The molecule has 0 unspecified atom stereocenters. The minimum Gasteiger partial charge on any atom is -0.399 e. The van der Waals surface area contributed by atoms with Crippen molar-refractivity contribution in [3.8, 4) is 55.6 Å². The Morgan fingerprint density at radius 3 is 0.981 bits per heavy atom. The van der Waals surface area contributed by atoms with Crippen LogP contribution >= 0.6 is 47.8 Å². The minimum absolute atomic E-state index is 0.0816. The lowest BCUT2D eigenvalue weighted by molar-refractivity contribution is 0.00578. The molecule has 1 saturated heterocycles. The Balaban J connectivity index is 0.000000120. The molecule has 1 fully saturated rings. The van der Waals surface area contributed by atoms with Gasteiger partial charge in [0.15, 0.2) is 0 Å².